The SMILES string of the molecule is ON1C=C(c2ccco2)N(c2ccco2)O1. The Morgan fingerprint density at radius 2 is 1.88 bits per heavy atom. The van der Waals surface area contributed by atoms with Crippen LogP contribution in [0.25, 0.3) is 5.70 Å². The quantitative estimate of drug-likeness (QED) is 0.837. The number of anilines is 1. The molecule has 82 valence electrons. The van der Waals surface area contributed by atoms with E-state index in [1.165, 1.54) is 23.8 Å². The van der Waals surface area contributed by atoms with Crippen molar-refractivity contribution in [2.45, 2.75) is 0 Å². The average Bonchev–Trinajstić information content (AvgIpc) is 2.98. The zero-order valence-electron chi connectivity index (χ0n) is 8.11. The second-order valence-corrected chi connectivity index (χ2v) is 3.12. The molecule has 0 unspecified atom stereocenters. The topological polar surface area (TPSA) is 62.2 Å². The highest BCUT2D eigenvalue weighted by molar-refractivity contribution is 5.73. The number of hydrogen-bond donors (Lipinski definition) is 1. The lowest BCUT2D eigenvalue weighted by Crippen LogP contribution is -2.20. The van der Waals surface area contributed by atoms with Crippen molar-refractivity contribution in [3.63, 3.8) is 0 Å². The number of nitrogens with zero attached hydrogens (tertiary/aromatic N) is 2. The maximum Gasteiger partial charge on any atom is 0.226 e. The Hall–Kier alpha value is -2.18. The molecule has 0 radical (unpaired) electrons. The van der Waals surface area contributed by atoms with Crippen LogP contribution < -0.4 is 5.06 Å². The van der Waals surface area contributed by atoms with Crippen LogP contribution in [0.2, 0.25) is 0 Å². The summed E-state index contributed by atoms with van der Waals surface area (Å²) in [6.45, 7) is 0. The molecule has 3 heterocycles. The summed E-state index contributed by atoms with van der Waals surface area (Å²) in [4.78, 5) is 5.02. The van der Waals surface area contributed by atoms with Crippen LogP contribution in [-0.4, -0.2) is 10.4 Å². The Balaban J connectivity index is 1.99. The lowest BCUT2D eigenvalue weighted by Gasteiger charge is -2.14. The van der Waals surface area contributed by atoms with Crippen molar-refractivity contribution in [3.05, 3.63) is 48.8 Å². The van der Waals surface area contributed by atoms with E-state index in [2.05, 4.69) is 0 Å². The van der Waals surface area contributed by atoms with E-state index < -0.39 is 0 Å². The molecular weight excluding hydrogens is 212 g/mol. The Morgan fingerprint density at radius 3 is 2.56 bits per heavy atom. The average molecular weight is 220 g/mol. The molecule has 2 aromatic rings. The monoisotopic (exact) mass is 220 g/mol. The van der Waals surface area contributed by atoms with Crippen molar-refractivity contribution < 1.29 is 19.0 Å². The smallest absolute Gasteiger partial charge is 0.226 e. The van der Waals surface area contributed by atoms with Crippen molar-refractivity contribution >= 4 is 11.6 Å². The first-order valence-electron chi connectivity index (χ1n) is 4.60. The molecule has 0 amide bonds. The third-order valence-corrected chi connectivity index (χ3v) is 2.10. The Bertz CT molecular complexity index is 489. The summed E-state index contributed by atoms with van der Waals surface area (Å²) in [6.07, 6.45) is 4.43. The van der Waals surface area contributed by atoms with E-state index in [4.69, 9.17) is 13.8 Å². The fourth-order valence-electron chi connectivity index (χ4n) is 1.44. The van der Waals surface area contributed by atoms with Gasteiger partial charge in [-0.05, 0) is 18.2 Å². The van der Waals surface area contributed by atoms with Crippen LogP contribution in [0.3, 0.4) is 0 Å². The Labute approximate surface area is 90.4 Å². The van der Waals surface area contributed by atoms with Gasteiger partial charge in [0.15, 0.2) is 5.76 Å². The van der Waals surface area contributed by atoms with Gasteiger partial charge >= 0.3 is 0 Å². The minimum absolute atomic E-state index is 0.444. The fourth-order valence-corrected chi connectivity index (χ4v) is 1.44. The van der Waals surface area contributed by atoms with E-state index in [-0.39, 0.29) is 0 Å². The summed E-state index contributed by atoms with van der Waals surface area (Å²) in [7, 11) is 0. The standard InChI is InChI=1S/C10H8N2O4/c13-11-7-8(9-3-1-5-14-9)12(16-11)10-4-2-6-15-10/h1-7,13H. The second-order valence-electron chi connectivity index (χ2n) is 3.12. The molecule has 0 saturated carbocycles. The number of rotatable bonds is 2. The third kappa shape index (κ3) is 1.37. The molecule has 0 aliphatic carbocycles. The van der Waals surface area contributed by atoms with E-state index in [9.17, 15) is 5.21 Å². The lowest BCUT2D eigenvalue weighted by molar-refractivity contribution is -0.295. The Kier molecular flexibility index (Phi) is 1.95. The van der Waals surface area contributed by atoms with Gasteiger partial charge in [-0.1, -0.05) is 0 Å². The second kappa shape index (κ2) is 3.44. The van der Waals surface area contributed by atoms with Gasteiger partial charge in [0, 0.05) is 6.07 Å². The highest BCUT2D eigenvalue weighted by Crippen LogP contribution is 2.31. The van der Waals surface area contributed by atoms with Crippen LogP contribution >= 0.6 is 0 Å². The van der Waals surface area contributed by atoms with Gasteiger partial charge in [-0.2, -0.15) is 5.06 Å². The van der Waals surface area contributed by atoms with E-state index in [1.54, 1.807) is 24.3 Å². The van der Waals surface area contributed by atoms with Crippen molar-refractivity contribution in [1.29, 1.82) is 0 Å². The first-order valence-corrected chi connectivity index (χ1v) is 4.60. The number of hydrogen-bond acceptors (Lipinski definition) is 6. The van der Waals surface area contributed by atoms with Crippen LogP contribution in [0.4, 0.5) is 5.88 Å². The summed E-state index contributed by atoms with van der Waals surface area (Å²) < 4.78 is 10.4. The van der Waals surface area contributed by atoms with E-state index in [0.717, 1.165) is 0 Å². The molecule has 2 aromatic heterocycles. The summed E-state index contributed by atoms with van der Waals surface area (Å²) in [5, 5.41) is 11.2. The van der Waals surface area contributed by atoms with Crippen LogP contribution in [0.5, 0.6) is 0 Å². The zero-order chi connectivity index (χ0) is 11.0. The van der Waals surface area contributed by atoms with Gasteiger partial charge in [-0.3, -0.25) is 5.21 Å². The Morgan fingerprint density at radius 1 is 1.06 bits per heavy atom. The summed E-state index contributed by atoms with van der Waals surface area (Å²) in [5.74, 6) is 1.01. The van der Waals surface area contributed by atoms with Crippen molar-refractivity contribution in [2.75, 3.05) is 5.06 Å². The largest absolute Gasteiger partial charge is 0.463 e. The minimum Gasteiger partial charge on any atom is -0.463 e. The molecule has 1 aliphatic heterocycles. The molecule has 0 saturated heterocycles. The van der Waals surface area contributed by atoms with Gasteiger partial charge < -0.3 is 8.83 Å². The molecule has 0 fully saturated rings. The molecule has 1 aliphatic rings. The van der Waals surface area contributed by atoms with Gasteiger partial charge in [0.1, 0.15) is 5.70 Å². The maximum absolute atomic E-state index is 9.28. The van der Waals surface area contributed by atoms with E-state index in [1.807, 2.05) is 0 Å². The molecule has 6 heteroatoms. The van der Waals surface area contributed by atoms with E-state index >= 15 is 0 Å². The predicted molar refractivity (Wildman–Crippen MR) is 52.6 cm³/mol. The number of furan rings is 2. The van der Waals surface area contributed by atoms with Gasteiger partial charge in [0.05, 0.1) is 18.7 Å². The highest BCUT2D eigenvalue weighted by Gasteiger charge is 2.28. The van der Waals surface area contributed by atoms with Crippen LogP contribution in [0, 0.1) is 0 Å². The van der Waals surface area contributed by atoms with Gasteiger partial charge in [0.25, 0.3) is 0 Å². The molecule has 0 bridgehead atoms. The van der Waals surface area contributed by atoms with Gasteiger partial charge in [-0.25, -0.2) is 0 Å². The summed E-state index contributed by atoms with van der Waals surface area (Å²) in [5.41, 5.74) is 0.544. The first kappa shape index (κ1) is 9.08. The molecule has 0 aromatic carbocycles. The molecular formula is C10H8N2O4. The summed E-state index contributed by atoms with van der Waals surface area (Å²) >= 11 is 0. The molecule has 3 rings (SSSR count). The van der Waals surface area contributed by atoms with Gasteiger partial charge in [-0.15, -0.1) is 10.2 Å². The van der Waals surface area contributed by atoms with E-state index in [0.29, 0.717) is 22.6 Å². The van der Waals surface area contributed by atoms with Crippen molar-refractivity contribution in [3.8, 4) is 0 Å². The van der Waals surface area contributed by atoms with Crippen LogP contribution in [0.15, 0.2) is 51.8 Å². The first-order chi connectivity index (χ1) is 7.84. The normalized spacial score (nSPS) is 15.7. The maximum atomic E-state index is 9.28. The molecule has 0 atom stereocenters. The third-order valence-electron chi connectivity index (χ3n) is 2.10. The fraction of sp³-hybridized carbons (Fsp3) is 0. The number of hydroxylamine groups is 3. The lowest BCUT2D eigenvalue weighted by atomic mass is 10.3. The highest BCUT2D eigenvalue weighted by atomic mass is 17.0. The molecule has 6 nitrogen and oxygen atoms in total. The summed E-state index contributed by atoms with van der Waals surface area (Å²) in [6, 6.07) is 6.93. The van der Waals surface area contributed by atoms with Crippen molar-refractivity contribution in [1.82, 2.24) is 5.23 Å². The minimum atomic E-state index is 0.444. The van der Waals surface area contributed by atoms with Gasteiger partial charge in [0.2, 0.25) is 5.88 Å². The van der Waals surface area contributed by atoms with Crippen molar-refractivity contribution in [2.24, 2.45) is 0 Å². The molecule has 16 heavy (non-hydrogen) atoms. The van der Waals surface area contributed by atoms with Crippen LogP contribution in [-0.2, 0) is 4.94 Å². The predicted octanol–water partition coefficient (Wildman–Crippen LogP) is 2.23. The molecule has 0 spiro atoms. The zero-order valence-corrected chi connectivity index (χ0v) is 8.11. The van der Waals surface area contributed by atoms with Crippen LogP contribution in [0.1, 0.15) is 5.76 Å². The molecule has 1 N–H and O–H groups in total.